The normalized spacial score (nSPS) is 10.9. The molecule has 0 aliphatic heterocycles. The minimum absolute atomic E-state index is 0.0352. The SMILES string of the molecule is Cc1cccc(-c2n[nH]c(=S)n2CC(=O)Nc2nc(-c3ccc(Cl)cc3)c(C)s2)c1. The van der Waals surface area contributed by atoms with E-state index < -0.39 is 0 Å². The van der Waals surface area contributed by atoms with Gasteiger partial charge in [-0.25, -0.2) is 4.98 Å². The molecule has 0 atom stereocenters. The highest BCUT2D eigenvalue weighted by atomic mass is 35.5. The molecule has 0 saturated heterocycles. The predicted molar refractivity (Wildman–Crippen MR) is 124 cm³/mol. The fourth-order valence-corrected chi connectivity index (χ4v) is 4.27. The summed E-state index contributed by atoms with van der Waals surface area (Å²) < 4.78 is 2.07. The standard InChI is InChI=1S/C21H18ClN5OS2/c1-12-4-3-5-15(10-12)19-25-26-21(29)27(19)11-17(28)23-20-24-18(13(2)30-20)14-6-8-16(22)9-7-14/h3-10H,11H2,1-2H3,(H,26,29)(H,23,24,28). The van der Waals surface area contributed by atoms with Crippen LogP contribution in [0.3, 0.4) is 0 Å². The lowest BCUT2D eigenvalue weighted by atomic mass is 10.1. The predicted octanol–water partition coefficient (Wildman–Crippen LogP) is 5.64. The number of aromatic nitrogens is 4. The Morgan fingerprint density at radius 1 is 1.20 bits per heavy atom. The summed E-state index contributed by atoms with van der Waals surface area (Å²) in [5.74, 6) is 0.397. The molecule has 9 heteroatoms. The van der Waals surface area contributed by atoms with Gasteiger partial charge in [0, 0.05) is 21.0 Å². The number of hydrogen-bond acceptors (Lipinski definition) is 5. The van der Waals surface area contributed by atoms with E-state index in [0.717, 1.165) is 27.3 Å². The van der Waals surface area contributed by atoms with Crippen molar-refractivity contribution in [1.29, 1.82) is 0 Å². The van der Waals surface area contributed by atoms with Crippen LogP contribution in [0.25, 0.3) is 22.6 Å². The molecule has 2 N–H and O–H groups in total. The monoisotopic (exact) mass is 455 g/mol. The van der Waals surface area contributed by atoms with Gasteiger partial charge in [0.2, 0.25) is 5.91 Å². The number of nitrogens with zero attached hydrogens (tertiary/aromatic N) is 3. The summed E-state index contributed by atoms with van der Waals surface area (Å²) in [6, 6.07) is 15.4. The zero-order chi connectivity index (χ0) is 21.3. The van der Waals surface area contributed by atoms with Crippen LogP contribution < -0.4 is 5.32 Å². The minimum Gasteiger partial charge on any atom is -0.300 e. The lowest BCUT2D eigenvalue weighted by Crippen LogP contribution is -2.19. The third-order valence-corrected chi connectivity index (χ3v) is 5.95. The number of anilines is 1. The van der Waals surface area contributed by atoms with Crippen molar-refractivity contribution in [1.82, 2.24) is 19.7 Å². The number of H-pyrrole nitrogens is 1. The molecule has 0 radical (unpaired) electrons. The van der Waals surface area contributed by atoms with Gasteiger partial charge in [0.05, 0.1) is 5.69 Å². The van der Waals surface area contributed by atoms with E-state index in [9.17, 15) is 4.79 Å². The lowest BCUT2D eigenvalue weighted by molar-refractivity contribution is -0.116. The number of rotatable bonds is 5. The number of carbonyl (C=O) groups is 1. The van der Waals surface area contributed by atoms with Gasteiger partial charge >= 0.3 is 0 Å². The molecule has 0 bridgehead atoms. The minimum atomic E-state index is -0.224. The van der Waals surface area contributed by atoms with E-state index >= 15 is 0 Å². The van der Waals surface area contributed by atoms with Crippen molar-refractivity contribution in [2.45, 2.75) is 20.4 Å². The molecule has 4 rings (SSSR count). The summed E-state index contributed by atoms with van der Waals surface area (Å²) >= 11 is 12.7. The number of aryl methyl sites for hydroxylation is 2. The van der Waals surface area contributed by atoms with Crippen molar-refractivity contribution >= 4 is 46.2 Å². The lowest BCUT2D eigenvalue weighted by Gasteiger charge is -2.07. The second-order valence-corrected chi connectivity index (χ2v) is 8.81. The van der Waals surface area contributed by atoms with Crippen molar-refractivity contribution in [2.75, 3.05) is 5.32 Å². The van der Waals surface area contributed by atoms with Crippen molar-refractivity contribution in [3.8, 4) is 22.6 Å². The fraction of sp³-hybridized carbons (Fsp3) is 0.143. The van der Waals surface area contributed by atoms with Crippen LogP contribution >= 0.6 is 35.2 Å². The van der Waals surface area contributed by atoms with Crippen LogP contribution in [0.15, 0.2) is 48.5 Å². The highest BCUT2D eigenvalue weighted by molar-refractivity contribution is 7.71. The molecule has 0 saturated carbocycles. The Hall–Kier alpha value is -2.81. The Kier molecular flexibility index (Phi) is 5.80. The summed E-state index contributed by atoms with van der Waals surface area (Å²) in [5.41, 5.74) is 3.77. The fourth-order valence-electron chi connectivity index (χ4n) is 3.10. The molecular weight excluding hydrogens is 438 g/mol. The highest BCUT2D eigenvalue weighted by Gasteiger charge is 2.15. The van der Waals surface area contributed by atoms with Crippen LogP contribution in [0.1, 0.15) is 10.4 Å². The largest absolute Gasteiger partial charge is 0.300 e. The van der Waals surface area contributed by atoms with Gasteiger partial charge in [-0.2, -0.15) is 5.10 Å². The first-order valence-corrected chi connectivity index (χ1v) is 10.8. The first-order valence-electron chi connectivity index (χ1n) is 9.16. The van der Waals surface area contributed by atoms with Crippen LogP contribution in [0.5, 0.6) is 0 Å². The van der Waals surface area contributed by atoms with E-state index in [0.29, 0.717) is 20.7 Å². The van der Waals surface area contributed by atoms with Gasteiger partial charge in [0.25, 0.3) is 0 Å². The molecule has 30 heavy (non-hydrogen) atoms. The third-order valence-electron chi connectivity index (χ3n) is 4.50. The van der Waals surface area contributed by atoms with E-state index in [4.69, 9.17) is 23.8 Å². The van der Waals surface area contributed by atoms with E-state index in [1.807, 2.05) is 62.4 Å². The molecular formula is C21H18ClN5OS2. The second-order valence-electron chi connectivity index (χ2n) is 6.79. The summed E-state index contributed by atoms with van der Waals surface area (Å²) in [5, 5.41) is 11.1. The summed E-state index contributed by atoms with van der Waals surface area (Å²) in [6.07, 6.45) is 0. The molecule has 0 spiro atoms. The molecule has 6 nitrogen and oxygen atoms in total. The van der Waals surface area contributed by atoms with Gasteiger partial charge < -0.3 is 5.32 Å². The molecule has 152 valence electrons. The van der Waals surface area contributed by atoms with Gasteiger partial charge in [0.1, 0.15) is 6.54 Å². The number of halogens is 1. The number of amides is 1. The Labute approximate surface area is 187 Å². The Morgan fingerprint density at radius 3 is 2.70 bits per heavy atom. The van der Waals surface area contributed by atoms with Crippen LogP contribution in [0, 0.1) is 18.6 Å². The van der Waals surface area contributed by atoms with Crippen LogP contribution in [-0.4, -0.2) is 25.7 Å². The Bertz CT molecular complexity index is 1270. The smallest absolute Gasteiger partial charge is 0.246 e. The maximum absolute atomic E-state index is 12.7. The maximum atomic E-state index is 12.7. The van der Waals surface area contributed by atoms with Crippen molar-refractivity contribution in [3.63, 3.8) is 0 Å². The molecule has 0 aliphatic rings. The van der Waals surface area contributed by atoms with Gasteiger partial charge in [0.15, 0.2) is 15.7 Å². The van der Waals surface area contributed by atoms with Crippen LogP contribution in [0.2, 0.25) is 5.02 Å². The molecule has 0 aliphatic carbocycles. The average molecular weight is 456 g/mol. The molecule has 0 unspecified atom stereocenters. The number of hydrogen-bond donors (Lipinski definition) is 2. The summed E-state index contributed by atoms with van der Waals surface area (Å²) in [4.78, 5) is 18.3. The van der Waals surface area contributed by atoms with Gasteiger partial charge in [-0.1, -0.05) is 47.5 Å². The first kappa shape index (κ1) is 20.5. The summed E-state index contributed by atoms with van der Waals surface area (Å²) in [6.45, 7) is 4.01. The zero-order valence-corrected chi connectivity index (χ0v) is 18.7. The number of benzene rings is 2. The molecule has 1 amide bonds. The average Bonchev–Trinajstić information content (AvgIpc) is 3.25. The molecule has 2 aromatic carbocycles. The number of thiazole rings is 1. The van der Waals surface area contributed by atoms with Crippen LogP contribution in [0.4, 0.5) is 5.13 Å². The summed E-state index contributed by atoms with van der Waals surface area (Å²) in [7, 11) is 0. The topological polar surface area (TPSA) is 75.6 Å². The number of carbonyl (C=O) groups excluding carboxylic acids is 1. The molecule has 4 aromatic rings. The highest BCUT2D eigenvalue weighted by Crippen LogP contribution is 2.31. The first-order chi connectivity index (χ1) is 14.4. The zero-order valence-electron chi connectivity index (χ0n) is 16.3. The van der Waals surface area contributed by atoms with Gasteiger partial charge in [-0.15, -0.1) is 11.3 Å². The Morgan fingerprint density at radius 2 is 1.97 bits per heavy atom. The van der Waals surface area contributed by atoms with Crippen molar-refractivity contribution in [2.24, 2.45) is 0 Å². The number of aromatic amines is 1. The van der Waals surface area contributed by atoms with E-state index in [1.54, 1.807) is 4.57 Å². The van der Waals surface area contributed by atoms with Crippen molar-refractivity contribution < 1.29 is 4.79 Å². The third kappa shape index (κ3) is 4.35. The molecule has 0 fully saturated rings. The molecule has 2 heterocycles. The van der Waals surface area contributed by atoms with E-state index in [2.05, 4.69) is 20.5 Å². The molecule has 2 aromatic heterocycles. The maximum Gasteiger partial charge on any atom is 0.246 e. The van der Waals surface area contributed by atoms with E-state index in [-0.39, 0.29) is 12.5 Å². The van der Waals surface area contributed by atoms with Gasteiger partial charge in [-0.3, -0.25) is 14.5 Å². The van der Waals surface area contributed by atoms with Gasteiger partial charge in [-0.05, 0) is 44.3 Å². The van der Waals surface area contributed by atoms with Crippen LogP contribution in [-0.2, 0) is 11.3 Å². The van der Waals surface area contributed by atoms with E-state index in [1.165, 1.54) is 11.3 Å². The second kappa shape index (κ2) is 8.51. The van der Waals surface area contributed by atoms with Crippen molar-refractivity contribution in [3.05, 3.63) is 68.8 Å². The number of nitrogens with one attached hydrogen (secondary N) is 2. The Balaban J connectivity index is 1.54. The quantitative estimate of drug-likeness (QED) is 0.382.